The molecule has 0 aromatic heterocycles. The van der Waals surface area contributed by atoms with E-state index in [0.717, 1.165) is 37.4 Å². The van der Waals surface area contributed by atoms with Crippen LogP contribution >= 0.6 is 23.8 Å². The van der Waals surface area contributed by atoms with Gasteiger partial charge in [-0.25, -0.2) is 0 Å². The summed E-state index contributed by atoms with van der Waals surface area (Å²) in [6.07, 6.45) is 1.02. The summed E-state index contributed by atoms with van der Waals surface area (Å²) in [5.74, 6) is 0. The van der Waals surface area contributed by atoms with Crippen molar-refractivity contribution in [3.05, 3.63) is 28.8 Å². The minimum Gasteiger partial charge on any atom is -0.389 e. The van der Waals surface area contributed by atoms with Gasteiger partial charge in [-0.2, -0.15) is 0 Å². The minimum absolute atomic E-state index is 0.352. The Morgan fingerprint density at radius 2 is 2.39 bits per heavy atom. The third kappa shape index (κ3) is 2.76. The fourth-order valence-corrected chi connectivity index (χ4v) is 2.60. The van der Waals surface area contributed by atoms with Crippen LogP contribution in [0.15, 0.2) is 18.2 Å². The van der Waals surface area contributed by atoms with Crippen LogP contribution in [0.4, 0.5) is 5.69 Å². The highest BCUT2D eigenvalue weighted by atomic mass is 35.5. The zero-order valence-corrected chi connectivity index (χ0v) is 11.9. The van der Waals surface area contributed by atoms with Gasteiger partial charge in [0.05, 0.1) is 19.3 Å². The van der Waals surface area contributed by atoms with E-state index in [1.54, 1.807) is 0 Å². The molecule has 0 bridgehead atoms. The molecular weight excluding hydrogens is 268 g/mol. The van der Waals surface area contributed by atoms with Crippen LogP contribution in [-0.4, -0.2) is 30.8 Å². The second kappa shape index (κ2) is 5.87. The maximum Gasteiger partial charge on any atom is 0.106 e. The van der Waals surface area contributed by atoms with E-state index < -0.39 is 0 Å². The first kappa shape index (κ1) is 13.6. The number of ether oxygens (including phenoxy) is 1. The van der Waals surface area contributed by atoms with Gasteiger partial charge >= 0.3 is 0 Å². The van der Waals surface area contributed by atoms with E-state index >= 15 is 0 Å². The molecule has 0 aliphatic carbocycles. The average Bonchev–Trinajstić information content (AvgIpc) is 2.38. The van der Waals surface area contributed by atoms with Crippen molar-refractivity contribution in [1.82, 2.24) is 0 Å². The number of hydrogen-bond acceptors (Lipinski definition) is 3. The molecule has 2 rings (SSSR count). The van der Waals surface area contributed by atoms with Gasteiger partial charge in [0.1, 0.15) is 4.99 Å². The predicted molar refractivity (Wildman–Crippen MR) is 79.6 cm³/mol. The molecule has 2 N–H and O–H groups in total. The van der Waals surface area contributed by atoms with Crippen LogP contribution in [0, 0.1) is 0 Å². The molecule has 1 aliphatic rings. The molecule has 98 valence electrons. The Balaban J connectivity index is 2.41. The molecule has 18 heavy (non-hydrogen) atoms. The number of rotatable bonds is 3. The Hall–Kier alpha value is -0.840. The molecule has 1 aromatic carbocycles. The van der Waals surface area contributed by atoms with Crippen molar-refractivity contribution in [2.75, 3.05) is 24.7 Å². The summed E-state index contributed by atoms with van der Waals surface area (Å²) in [6, 6.07) is 6.00. The molecule has 0 amide bonds. The number of thiocarbonyl (C=S) groups is 1. The third-order valence-corrected chi connectivity index (χ3v) is 3.69. The third-order valence-electron chi connectivity index (χ3n) is 3.23. The number of nitrogens with zero attached hydrogens (tertiary/aromatic N) is 1. The molecule has 0 saturated carbocycles. The van der Waals surface area contributed by atoms with Crippen molar-refractivity contribution in [3.8, 4) is 0 Å². The summed E-state index contributed by atoms with van der Waals surface area (Å²) in [6.45, 7) is 4.45. The Kier molecular flexibility index (Phi) is 4.43. The van der Waals surface area contributed by atoms with Crippen LogP contribution in [0.3, 0.4) is 0 Å². The molecule has 1 aromatic rings. The van der Waals surface area contributed by atoms with Gasteiger partial charge in [-0.15, -0.1) is 0 Å². The van der Waals surface area contributed by atoms with Gasteiger partial charge in [0, 0.05) is 22.8 Å². The van der Waals surface area contributed by atoms with E-state index in [0.29, 0.717) is 16.1 Å². The largest absolute Gasteiger partial charge is 0.389 e. The van der Waals surface area contributed by atoms with Crippen LogP contribution < -0.4 is 10.6 Å². The minimum atomic E-state index is 0.352. The van der Waals surface area contributed by atoms with Gasteiger partial charge in [0.25, 0.3) is 0 Å². The molecule has 1 fully saturated rings. The molecular formula is C13H17ClN2OS. The highest BCUT2D eigenvalue weighted by molar-refractivity contribution is 7.80. The predicted octanol–water partition coefficient (Wildman–Crippen LogP) is 2.59. The summed E-state index contributed by atoms with van der Waals surface area (Å²) in [7, 11) is 0. The van der Waals surface area contributed by atoms with E-state index in [2.05, 4.69) is 11.8 Å². The lowest BCUT2D eigenvalue weighted by atomic mass is 10.1. The Morgan fingerprint density at radius 3 is 3.06 bits per heavy atom. The molecule has 1 aliphatic heterocycles. The van der Waals surface area contributed by atoms with Crippen molar-refractivity contribution in [3.63, 3.8) is 0 Å². The standard InChI is InChI=1S/C13H17ClN2OS/c1-2-10-8-17-6-5-16(10)12-7-9(14)3-4-11(12)13(15)18/h3-4,7,10H,2,5-6,8H2,1H3,(H2,15,18). The van der Waals surface area contributed by atoms with E-state index in [-0.39, 0.29) is 0 Å². The number of halogens is 1. The Labute approximate surface area is 118 Å². The van der Waals surface area contributed by atoms with Crippen molar-refractivity contribution in [1.29, 1.82) is 0 Å². The first-order valence-electron chi connectivity index (χ1n) is 6.07. The van der Waals surface area contributed by atoms with Crippen molar-refractivity contribution in [2.24, 2.45) is 5.73 Å². The van der Waals surface area contributed by atoms with Gasteiger partial charge in [0.15, 0.2) is 0 Å². The van der Waals surface area contributed by atoms with E-state index in [1.807, 2.05) is 18.2 Å². The average molecular weight is 285 g/mol. The second-order valence-electron chi connectivity index (χ2n) is 4.36. The Bertz CT molecular complexity index is 453. The fourth-order valence-electron chi connectivity index (χ4n) is 2.26. The molecule has 0 spiro atoms. The van der Waals surface area contributed by atoms with Crippen molar-refractivity contribution >= 4 is 34.5 Å². The van der Waals surface area contributed by atoms with E-state index in [1.165, 1.54) is 0 Å². The molecule has 3 nitrogen and oxygen atoms in total. The molecule has 1 heterocycles. The fraction of sp³-hybridized carbons (Fsp3) is 0.462. The van der Waals surface area contributed by atoms with E-state index in [4.69, 9.17) is 34.3 Å². The van der Waals surface area contributed by atoms with Crippen molar-refractivity contribution in [2.45, 2.75) is 19.4 Å². The van der Waals surface area contributed by atoms with Crippen LogP contribution in [0.1, 0.15) is 18.9 Å². The highest BCUT2D eigenvalue weighted by Crippen LogP contribution is 2.28. The van der Waals surface area contributed by atoms with Gasteiger partial charge in [-0.3, -0.25) is 0 Å². The summed E-state index contributed by atoms with van der Waals surface area (Å²) >= 11 is 11.2. The molecule has 1 atom stereocenters. The number of hydrogen-bond donors (Lipinski definition) is 1. The zero-order valence-electron chi connectivity index (χ0n) is 10.4. The number of anilines is 1. The molecule has 0 radical (unpaired) electrons. The van der Waals surface area contributed by atoms with Gasteiger partial charge < -0.3 is 15.4 Å². The summed E-state index contributed by atoms with van der Waals surface area (Å²) in [5, 5.41) is 0.700. The van der Waals surface area contributed by atoms with E-state index in [9.17, 15) is 0 Å². The van der Waals surface area contributed by atoms with Gasteiger partial charge in [-0.1, -0.05) is 30.7 Å². The summed E-state index contributed by atoms with van der Waals surface area (Å²) in [5.41, 5.74) is 7.69. The number of benzene rings is 1. The monoisotopic (exact) mass is 284 g/mol. The number of morpholine rings is 1. The van der Waals surface area contributed by atoms with Crippen LogP contribution in [-0.2, 0) is 4.74 Å². The number of nitrogens with two attached hydrogens (primary N) is 1. The first-order valence-corrected chi connectivity index (χ1v) is 6.86. The lowest BCUT2D eigenvalue weighted by molar-refractivity contribution is 0.0930. The SMILES string of the molecule is CCC1COCCN1c1cc(Cl)ccc1C(N)=S. The van der Waals surface area contributed by atoms with Crippen LogP contribution in [0.2, 0.25) is 5.02 Å². The second-order valence-corrected chi connectivity index (χ2v) is 5.23. The molecule has 1 saturated heterocycles. The maximum absolute atomic E-state index is 6.09. The van der Waals surface area contributed by atoms with Gasteiger partial charge in [0.2, 0.25) is 0 Å². The highest BCUT2D eigenvalue weighted by Gasteiger charge is 2.24. The molecule has 1 unspecified atom stereocenters. The quantitative estimate of drug-likeness (QED) is 0.866. The zero-order chi connectivity index (χ0) is 13.1. The molecule has 5 heteroatoms. The summed E-state index contributed by atoms with van der Waals surface area (Å²) < 4.78 is 5.52. The van der Waals surface area contributed by atoms with Gasteiger partial charge in [-0.05, 0) is 24.6 Å². The normalized spacial score (nSPS) is 19.9. The lowest BCUT2D eigenvalue weighted by Gasteiger charge is -2.38. The smallest absolute Gasteiger partial charge is 0.106 e. The van der Waals surface area contributed by atoms with Crippen LogP contribution in [0.25, 0.3) is 0 Å². The van der Waals surface area contributed by atoms with Crippen molar-refractivity contribution < 1.29 is 4.74 Å². The Morgan fingerprint density at radius 1 is 1.61 bits per heavy atom. The summed E-state index contributed by atoms with van der Waals surface area (Å²) in [4.78, 5) is 2.70. The topological polar surface area (TPSA) is 38.5 Å². The maximum atomic E-state index is 6.09. The lowest BCUT2D eigenvalue weighted by Crippen LogP contribution is -2.46. The first-order chi connectivity index (χ1) is 8.63. The van der Waals surface area contributed by atoms with Crippen LogP contribution in [0.5, 0.6) is 0 Å².